The number of hydrogen-bond donors (Lipinski definition) is 1. The van der Waals surface area contributed by atoms with Gasteiger partial charge < -0.3 is 5.32 Å². The summed E-state index contributed by atoms with van der Waals surface area (Å²) in [5.74, 6) is -0.213. The van der Waals surface area contributed by atoms with Crippen molar-refractivity contribution < 1.29 is 9.18 Å². The van der Waals surface area contributed by atoms with E-state index in [2.05, 4.69) is 15.3 Å². The summed E-state index contributed by atoms with van der Waals surface area (Å²) in [5, 5.41) is 3.36. The maximum atomic E-state index is 13.1. The van der Waals surface area contributed by atoms with Crippen LogP contribution in [-0.4, -0.2) is 26.7 Å². The monoisotopic (exact) mass is 328 g/mol. The van der Waals surface area contributed by atoms with E-state index in [4.69, 9.17) is 0 Å². The Morgan fingerprint density at radius 3 is 2.61 bits per heavy atom. The molecule has 7 heteroatoms. The Hall–Kier alpha value is -2.67. The molecule has 0 saturated carbocycles. The Bertz CT molecular complexity index is 818. The molecule has 0 saturated heterocycles. The van der Waals surface area contributed by atoms with E-state index in [0.717, 1.165) is 0 Å². The number of halogens is 1. The number of aromatic nitrogens is 3. The Morgan fingerprint density at radius 2 is 1.96 bits per heavy atom. The smallest absolute Gasteiger partial charge is 0.275 e. The molecule has 0 atom stereocenters. The Labute approximate surface area is 136 Å². The maximum Gasteiger partial charge on any atom is 0.275 e. The van der Waals surface area contributed by atoms with E-state index >= 15 is 0 Å². The number of pyridine rings is 1. The second kappa shape index (κ2) is 6.62. The quantitative estimate of drug-likeness (QED) is 0.746. The van der Waals surface area contributed by atoms with Crippen molar-refractivity contribution in [1.82, 2.24) is 14.5 Å². The first-order chi connectivity index (χ1) is 11.2. The maximum absolute atomic E-state index is 13.1. The van der Waals surface area contributed by atoms with Crippen molar-refractivity contribution in [2.45, 2.75) is 5.16 Å². The molecule has 0 aliphatic rings. The number of rotatable bonds is 4. The first-order valence-electron chi connectivity index (χ1n) is 6.79. The number of carbonyl (C=O) groups is 1. The van der Waals surface area contributed by atoms with Crippen molar-refractivity contribution in [3.63, 3.8) is 0 Å². The van der Waals surface area contributed by atoms with Crippen LogP contribution in [-0.2, 0) is 0 Å². The number of amides is 1. The SMILES string of the molecule is CSc1ncc(C(=O)Nc2ccccn2)n1-c1ccc(F)cc1. The van der Waals surface area contributed by atoms with Gasteiger partial charge >= 0.3 is 0 Å². The van der Waals surface area contributed by atoms with Crippen LogP contribution in [0.25, 0.3) is 5.69 Å². The Balaban J connectivity index is 1.98. The zero-order valence-electron chi connectivity index (χ0n) is 12.2. The molecule has 1 amide bonds. The lowest BCUT2D eigenvalue weighted by molar-refractivity contribution is 0.101. The van der Waals surface area contributed by atoms with Gasteiger partial charge in [0.25, 0.3) is 5.91 Å². The predicted molar refractivity (Wildman–Crippen MR) is 87.5 cm³/mol. The molecule has 0 radical (unpaired) electrons. The standard InChI is InChI=1S/C16H13FN4OS/c1-23-16-19-10-13(15(22)20-14-4-2-3-9-18-14)21(16)12-7-5-11(17)6-8-12/h2-10H,1H3,(H,18,20,22). The van der Waals surface area contributed by atoms with Gasteiger partial charge in [-0.25, -0.2) is 14.4 Å². The summed E-state index contributed by atoms with van der Waals surface area (Å²) >= 11 is 1.40. The van der Waals surface area contributed by atoms with Crippen molar-refractivity contribution >= 4 is 23.5 Å². The minimum absolute atomic E-state index is 0.333. The van der Waals surface area contributed by atoms with Crippen LogP contribution in [0.5, 0.6) is 0 Å². The van der Waals surface area contributed by atoms with E-state index in [0.29, 0.717) is 22.4 Å². The number of imidazole rings is 1. The van der Waals surface area contributed by atoms with Crippen molar-refractivity contribution in [3.8, 4) is 5.69 Å². The van der Waals surface area contributed by atoms with Crippen molar-refractivity contribution in [1.29, 1.82) is 0 Å². The molecule has 3 aromatic rings. The molecular formula is C16H13FN4OS. The predicted octanol–water partition coefficient (Wildman–Crippen LogP) is 3.38. The van der Waals surface area contributed by atoms with Crippen molar-refractivity contribution in [2.24, 2.45) is 0 Å². The van der Waals surface area contributed by atoms with Crippen LogP contribution >= 0.6 is 11.8 Å². The fourth-order valence-electron chi connectivity index (χ4n) is 2.10. The molecular weight excluding hydrogens is 315 g/mol. The van der Waals surface area contributed by atoms with Crippen molar-refractivity contribution in [3.05, 3.63) is 66.4 Å². The van der Waals surface area contributed by atoms with Crippen LogP contribution in [0, 0.1) is 5.82 Å². The third-order valence-corrected chi connectivity index (χ3v) is 3.79. The molecule has 0 aliphatic heterocycles. The lowest BCUT2D eigenvalue weighted by atomic mass is 10.3. The second-order valence-corrected chi connectivity index (χ2v) is 5.38. The summed E-state index contributed by atoms with van der Waals surface area (Å²) in [6.45, 7) is 0. The number of hydrogen-bond acceptors (Lipinski definition) is 4. The van der Waals surface area contributed by atoms with Crippen LogP contribution in [0.1, 0.15) is 10.5 Å². The van der Waals surface area contributed by atoms with Crippen LogP contribution in [0.3, 0.4) is 0 Å². The molecule has 0 unspecified atom stereocenters. The van der Waals surface area contributed by atoms with E-state index < -0.39 is 0 Å². The summed E-state index contributed by atoms with van der Waals surface area (Å²) in [7, 11) is 0. The lowest BCUT2D eigenvalue weighted by Crippen LogP contribution is -2.17. The largest absolute Gasteiger partial charge is 0.305 e. The number of benzene rings is 1. The van der Waals surface area contributed by atoms with Gasteiger partial charge in [-0.3, -0.25) is 9.36 Å². The van der Waals surface area contributed by atoms with Gasteiger partial charge in [0.2, 0.25) is 0 Å². The van der Waals surface area contributed by atoms with Gasteiger partial charge in [0.1, 0.15) is 17.3 Å². The molecule has 0 aliphatic carbocycles. The van der Waals surface area contributed by atoms with E-state index in [1.54, 1.807) is 41.1 Å². The summed E-state index contributed by atoms with van der Waals surface area (Å²) in [5.41, 5.74) is 1.02. The minimum Gasteiger partial charge on any atom is -0.305 e. The Kier molecular flexibility index (Phi) is 4.38. The van der Waals surface area contributed by atoms with E-state index in [1.165, 1.54) is 30.1 Å². The molecule has 1 aromatic carbocycles. The molecule has 0 fully saturated rings. The average molecular weight is 328 g/mol. The van der Waals surface area contributed by atoms with Gasteiger partial charge in [0.15, 0.2) is 5.16 Å². The van der Waals surface area contributed by atoms with Crippen molar-refractivity contribution in [2.75, 3.05) is 11.6 Å². The number of nitrogens with one attached hydrogen (secondary N) is 1. The normalized spacial score (nSPS) is 10.5. The van der Waals surface area contributed by atoms with Gasteiger partial charge in [0, 0.05) is 11.9 Å². The fourth-order valence-corrected chi connectivity index (χ4v) is 2.64. The van der Waals surface area contributed by atoms with E-state index in [1.807, 2.05) is 6.26 Å². The number of nitrogens with zero attached hydrogens (tertiary/aromatic N) is 3. The van der Waals surface area contributed by atoms with Crippen LogP contribution < -0.4 is 5.32 Å². The van der Waals surface area contributed by atoms with Crippen LogP contribution in [0.4, 0.5) is 10.2 Å². The minimum atomic E-state index is -0.334. The highest BCUT2D eigenvalue weighted by Gasteiger charge is 2.18. The Morgan fingerprint density at radius 1 is 1.17 bits per heavy atom. The molecule has 0 bridgehead atoms. The topological polar surface area (TPSA) is 59.8 Å². The third kappa shape index (κ3) is 3.24. The molecule has 2 heterocycles. The van der Waals surface area contributed by atoms with Crippen LogP contribution in [0.15, 0.2) is 60.0 Å². The van der Waals surface area contributed by atoms with E-state index in [9.17, 15) is 9.18 Å². The molecule has 5 nitrogen and oxygen atoms in total. The van der Waals surface area contributed by atoms with Crippen LogP contribution in [0.2, 0.25) is 0 Å². The molecule has 2 aromatic heterocycles. The highest BCUT2D eigenvalue weighted by atomic mass is 32.2. The van der Waals surface area contributed by atoms with E-state index in [-0.39, 0.29) is 11.7 Å². The summed E-state index contributed by atoms with van der Waals surface area (Å²) in [6, 6.07) is 11.2. The summed E-state index contributed by atoms with van der Waals surface area (Å²) < 4.78 is 14.8. The number of anilines is 1. The van der Waals surface area contributed by atoms with Gasteiger partial charge in [-0.15, -0.1) is 0 Å². The average Bonchev–Trinajstić information content (AvgIpc) is 3.00. The zero-order valence-corrected chi connectivity index (χ0v) is 13.0. The fraction of sp³-hybridized carbons (Fsp3) is 0.0625. The summed E-state index contributed by atoms with van der Waals surface area (Å²) in [4.78, 5) is 20.8. The second-order valence-electron chi connectivity index (χ2n) is 4.61. The lowest BCUT2D eigenvalue weighted by Gasteiger charge is -2.11. The summed E-state index contributed by atoms with van der Waals surface area (Å²) in [6.07, 6.45) is 4.95. The molecule has 3 rings (SSSR count). The van der Waals surface area contributed by atoms with Gasteiger partial charge in [0.05, 0.1) is 6.20 Å². The number of carbonyl (C=O) groups excluding carboxylic acids is 1. The molecule has 0 spiro atoms. The van der Waals surface area contributed by atoms with Gasteiger partial charge in [-0.1, -0.05) is 17.8 Å². The molecule has 23 heavy (non-hydrogen) atoms. The first kappa shape index (κ1) is 15.2. The highest BCUT2D eigenvalue weighted by Crippen LogP contribution is 2.22. The third-order valence-electron chi connectivity index (χ3n) is 3.14. The number of thioether (sulfide) groups is 1. The molecule has 116 valence electrons. The van der Waals surface area contributed by atoms with Gasteiger partial charge in [-0.2, -0.15) is 0 Å². The zero-order chi connectivity index (χ0) is 16.2. The highest BCUT2D eigenvalue weighted by molar-refractivity contribution is 7.98. The first-order valence-corrected chi connectivity index (χ1v) is 8.01. The van der Waals surface area contributed by atoms with Gasteiger partial charge in [-0.05, 0) is 42.7 Å². The molecule has 1 N–H and O–H groups in total.